The van der Waals surface area contributed by atoms with Crippen molar-refractivity contribution in [3.8, 4) is 0 Å². The maximum absolute atomic E-state index is 12.3. The molecule has 0 aliphatic heterocycles. The fourth-order valence-electron chi connectivity index (χ4n) is 0.378. The number of rotatable bonds is 3. The van der Waals surface area contributed by atoms with Crippen molar-refractivity contribution in [2.75, 3.05) is 0 Å². The lowest BCUT2D eigenvalue weighted by atomic mass is 10.4. The van der Waals surface area contributed by atoms with Gasteiger partial charge < -0.3 is 5.32 Å². The highest BCUT2D eigenvalue weighted by Crippen LogP contribution is 2.00. The fraction of sp³-hybridized carbons (Fsp3) is 0.167. The van der Waals surface area contributed by atoms with Gasteiger partial charge in [-0.2, -0.15) is 5.10 Å². The molecule has 0 aromatic carbocycles. The number of allylic oxidation sites excluding steroid dienone is 1. The van der Waals surface area contributed by atoms with E-state index in [1.807, 2.05) is 0 Å². The molecule has 0 fully saturated rings. The smallest absolute Gasteiger partial charge is 0.138 e. The quantitative estimate of drug-likeness (QED) is 0.251. The Balaban J connectivity index is 3.95. The van der Waals surface area contributed by atoms with Gasteiger partial charge in [0.25, 0.3) is 0 Å². The molecule has 0 aliphatic rings. The van der Waals surface area contributed by atoms with Gasteiger partial charge in [0.1, 0.15) is 11.7 Å². The number of hydrogen-bond acceptors (Lipinski definition) is 2. The zero-order valence-electron chi connectivity index (χ0n) is 6.12. The van der Waals surface area contributed by atoms with Crippen molar-refractivity contribution in [2.24, 2.45) is 5.10 Å². The van der Waals surface area contributed by atoms with E-state index in [0.29, 0.717) is 5.84 Å². The maximum atomic E-state index is 12.3. The Morgan fingerprint density at radius 2 is 2.09 bits per heavy atom. The van der Waals surface area contributed by atoms with Crippen LogP contribution in [0.1, 0.15) is 6.92 Å². The zero-order chi connectivity index (χ0) is 8.85. The molecule has 0 rings (SSSR count). The van der Waals surface area contributed by atoms with Gasteiger partial charge in [0.15, 0.2) is 0 Å². The van der Waals surface area contributed by atoms with Crippen molar-refractivity contribution >= 4 is 22.0 Å². The standard InChI is InChI=1S/C6H9BrFN3/c1-4(8)5(2)9-6(3)10-11-7/h11H,1-2H2,3H3,(H,9,10). The van der Waals surface area contributed by atoms with Crippen LogP contribution in [-0.4, -0.2) is 5.84 Å². The summed E-state index contributed by atoms with van der Waals surface area (Å²) < 4.78 is 14.6. The molecule has 0 spiro atoms. The summed E-state index contributed by atoms with van der Waals surface area (Å²) in [6.07, 6.45) is 0. The Labute approximate surface area is 73.4 Å². The molecule has 0 heterocycles. The van der Waals surface area contributed by atoms with Crippen LogP contribution in [0.15, 0.2) is 29.8 Å². The lowest BCUT2D eigenvalue weighted by Crippen LogP contribution is -2.20. The molecular weight excluding hydrogens is 213 g/mol. The van der Waals surface area contributed by atoms with Crippen LogP contribution in [-0.2, 0) is 0 Å². The first-order chi connectivity index (χ1) is 5.07. The number of nitrogens with zero attached hydrogens (tertiary/aromatic N) is 1. The van der Waals surface area contributed by atoms with E-state index in [-0.39, 0.29) is 5.70 Å². The monoisotopic (exact) mass is 221 g/mol. The van der Waals surface area contributed by atoms with Crippen LogP contribution < -0.4 is 9.77 Å². The summed E-state index contributed by atoms with van der Waals surface area (Å²) in [5.41, 5.74) is 0.106. The van der Waals surface area contributed by atoms with Crippen LogP contribution in [0.5, 0.6) is 0 Å². The van der Waals surface area contributed by atoms with E-state index >= 15 is 0 Å². The zero-order valence-corrected chi connectivity index (χ0v) is 7.70. The minimum atomic E-state index is -0.603. The van der Waals surface area contributed by atoms with E-state index in [9.17, 15) is 4.39 Å². The molecule has 0 atom stereocenters. The van der Waals surface area contributed by atoms with Gasteiger partial charge in [-0.25, -0.2) is 8.84 Å². The van der Waals surface area contributed by atoms with Crippen molar-refractivity contribution in [2.45, 2.75) is 6.92 Å². The lowest BCUT2D eigenvalue weighted by molar-refractivity contribution is 0.646. The molecule has 0 aromatic rings. The summed E-state index contributed by atoms with van der Waals surface area (Å²) >= 11 is 2.85. The van der Waals surface area contributed by atoms with Gasteiger partial charge in [0.2, 0.25) is 0 Å². The Hall–Kier alpha value is -0.840. The van der Waals surface area contributed by atoms with Crippen molar-refractivity contribution in [3.63, 3.8) is 0 Å². The summed E-state index contributed by atoms with van der Waals surface area (Å²) in [6.45, 7) is 8.07. The van der Waals surface area contributed by atoms with E-state index < -0.39 is 5.83 Å². The molecule has 0 aromatic heterocycles. The molecule has 5 heteroatoms. The first-order valence-corrected chi connectivity index (χ1v) is 3.58. The fourth-order valence-corrected chi connectivity index (χ4v) is 0.644. The molecule has 0 bridgehead atoms. The Morgan fingerprint density at radius 1 is 1.55 bits per heavy atom. The molecule has 62 valence electrons. The summed E-state index contributed by atoms with van der Waals surface area (Å²) in [5.74, 6) is -0.111. The lowest BCUT2D eigenvalue weighted by Gasteiger charge is -2.04. The van der Waals surface area contributed by atoms with E-state index in [2.05, 4.69) is 44.2 Å². The van der Waals surface area contributed by atoms with Crippen molar-refractivity contribution in [3.05, 3.63) is 24.7 Å². The van der Waals surface area contributed by atoms with E-state index in [4.69, 9.17) is 0 Å². The van der Waals surface area contributed by atoms with E-state index in [1.165, 1.54) is 0 Å². The average molecular weight is 222 g/mol. The molecule has 0 amide bonds. The number of hydrogen-bond donors (Lipinski definition) is 2. The summed E-state index contributed by atoms with van der Waals surface area (Å²) in [5, 5.41) is 6.22. The van der Waals surface area contributed by atoms with Gasteiger partial charge in [-0.15, -0.1) is 0 Å². The van der Waals surface area contributed by atoms with Gasteiger partial charge >= 0.3 is 0 Å². The summed E-state index contributed by atoms with van der Waals surface area (Å²) in [6, 6.07) is 0. The van der Waals surface area contributed by atoms with Crippen molar-refractivity contribution in [1.29, 1.82) is 0 Å². The predicted octanol–water partition coefficient (Wildman–Crippen LogP) is 1.81. The van der Waals surface area contributed by atoms with Crippen LogP contribution in [0, 0.1) is 0 Å². The Bertz CT molecular complexity index is 200. The molecule has 0 unspecified atom stereocenters. The molecular formula is C6H9BrFN3. The van der Waals surface area contributed by atoms with Crippen LogP contribution >= 0.6 is 16.1 Å². The van der Waals surface area contributed by atoms with Gasteiger partial charge in [0.05, 0.1) is 21.8 Å². The third-order valence-corrected chi connectivity index (χ3v) is 1.05. The minimum absolute atomic E-state index is 0.106. The van der Waals surface area contributed by atoms with Gasteiger partial charge in [-0.3, -0.25) is 0 Å². The number of amidine groups is 1. The molecule has 0 radical (unpaired) electrons. The van der Waals surface area contributed by atoms with Crippen LogP contribution in [0.4, 0.5) is 4.39 Å². The average Bonchev–Trinajstić information content (AvgIpc) is 1.87. The van der Waals surface area contributed by atoms with Crippen molar-refractivity contribution in [1.82, 2.24) is 9.77 Å². The van der Waals surface area contributed by atoms with Gasteiger partial charge in [0, 0.05) is 0 Å². The summed E-state index contributed by atoms with van der Waals surface area (Å²) in [4.78, 5) is 0. The van der Waals surface area contributed by atoms with Gasteiger partial charge in [-0.1, -0.05) is 13.2 Å². The van der Waals surface area contributed by atoms with Crippen LogP contribution in [0.2, 0.25) is 0 Å². The SMILES string of the molecule is C=C(F)C(=C)N/C(C)=N\NBr. The van der Waals surface area contributed by atoms with Crippen LogP contribution in [0.25, 0.3) is 0 Å². The second-order valence-corrected chi connectivity index (χ2v) is 2.14. The second kappa shape index (κ2) is 4.90. The number of hydrazone groups is 1. The van der Waals surface area contributed by atoms with Gasteiger partial charge in [-0.05, 0) is 6.92 Å². The number of nitrogens with one attached hydrogen (secondary N) is 2. The minimum Gasteiger partial charge on any atom is -0.341 e. The summed E-state index contributed by atoms with van der Waals surface area (Å²) in [7, 11) is 0. The predicted molar refractivity (Wildman–Crippen MR) is 47.7 cm³/mol. The Morgan fingerprint density at radius 3 is 2.45 bits per heavy atom. The molecule has 0 saturated heterocycles. The third kappa shape index (κ3) is 4.55. The first kappa shape index (κ1) is 10.2. The van der Waals surface area contributed by atoms with E-state index in [1.54, 1.807) is 6.92 Å². The highest BCUT2D eigenvalue weighted by atomic mass is 79.9. The molecule has 2 N–H and O–H groups in total. The third-order valence-electron chi connectivity index (χ3n) is 0.869. The second-order valence-electron chi connectivity index (χ2n) is 1.79. The normalized spacial score (nSPS) is 10.6. The highest BCUT2D eigenvalue weighted by molar-refractivity contribution is 9.08. The molecule has 0 saturated carbocycles. The van der Waals surface area contributed by atoms with Crippen molar-refractivity contribution < 1.29 is 4.39 Å². The first-order valence-electron chi connectivity index (χ1n) is 2.78. The topological polar surface area (TPSA) is 36.4 Å². The maximum Gasteiger partial charge on any atom is 0.138 e. The Kier molecular flexibility index (Phi) is 4.52. The molecule has 0 aliphatic carbocycles. The van der Waals surface area contributed by atoms with E-state index in [0.717, 1.165) is 0 Å². The largest absolute Gasteiger partial charge is 0.341 e. The highest BCUT2D eigenvalue weighted by Gasteiger charge is 1.97. The molecule has 3 nitrogen and oxygen atoms in total. The molecule has 11 heavy (non-hydrogen) atoms. The number of halogens is 2. The van der Waals surface area contributed by atoms with Crippen LogP contribution in [0.3, 0.4) is 0 Å².